The average Bonchev–Trinajstić information content (AvgIpc) is 2.39. The van der Waals surface area contributed by atoms with Crippen LogP contribution in [0, 0.1) is 0 Å². The van der Waals surface area contributed by atoms with Crippen LogP contribution in [0.1, 0.15) is 27.7 Å². The van der Waals surface area contributed by atoms with Crippen molar-refractivity contribution in [1.29, 1.82) is 0 Å². The van der Waals surface area contributed by atoms with Crippen LogP contribution in [0.2, 0.25) is 0 Å². The first-order valence-corrected chi connectivity index (χ1v) is 9.48. The summed E-state index contributed by atoms with van der Waals surface area (Å²) in [5.41, 5.74) is 0. The minimum absolute atomic E-state index is 0.382. The Morgan fingerprint density at radius 3 is 1.28 bits per heavy atom. The average molecular weight is 344 g/mol. The third-order valence-electron chi connectivity index (χ3n) is 2.94. The zero-order valence-corrected chi connectivity index (χ0v) is 14.6. The molecule has 0 aliphatic rings. The van der Waals surface area contributed by atoms with Crippen LogP contribution < -0.4 is 0 Å². The predicted octanol–water partition coefficient (Wildman–Crippen LogP) is 3.42. The fourth-order valence-corrected chi connectivity index (χ4v) is 1.62. The van der Waals surface area contributed by atoms with Crippen LogP contribution in [0.15, 0.2) is 0 Å². The topological polar surface area (TPSA) is 20.6 Å². The van der Waals surface area contributed by atoms with Crippen molar-refractivity contribution >= 4 is 20.3 Å². The zero-order valence-electron chi connectivity index (χ0n) is 12.1. The number of likely N-dealkylation sites (N-methyl/N-ethyl adjacent to an activating group) is 2. The van der Waals surface area contributed by atoms with E-state index in [1.54, 1.807) is 0 Å². The van der Waals surface area contributed by atoms with Crippen molar-refractivity contribution in [2.75, 3.05) is 52.4 Å². The Morgan fingerprint density at radius 1 is 0.778 bits per heavy atom. The summed E-state index contributed by atoms with van der Waals surface area (Å²) in [5.74, 6) is 0. The first-order valence-electron chi connectivity index (χ1n) is 6.61. The molecule has 0 saturated carbocycles. The molecule has 0 fully saturated rings. The molecule has 6 heteroatoms. The SMILES string of the molecule is CCN(CC)CC[N-]CCN(CC)CC.[Cl][Co+][Cl]. The normalized spacial score (nSPS) is 10.9. The van der Waals surface area contributed by atoms with Crippen molar-refractivity contribution in [3.8, 4) is 0 Å². The van der Waals surface area contributed by atoms with Gasteiger partial charge in [-0.2, -0.15) is 0 Å². The second kappa shape index (κ2) is 18.0. The molecule has 3 nitrogen and oxygen atoms in total. The van der Waals surface area contributed by atoms with E-state index in [4.69, 9.17) is 20.3 Å². The third kappa shape index (κ3) is 15.0. The van der Waals surface area contributed by atoms with Crippen LogP contribution in [-0.4, -0.2) is 62.2 Å². The van der Waals surface area contributed by atoms with Gasteiger partial charge in [0.05, 0.1) is 0 Å². The maximum atomic E-state index is 4.73. The van der Waals surface area contributed by atoms with E-state index < -0.39 is 0 Å². The van der Waals surface area contributed by atoms with E-state index in [0.29, 0.717) is 12.9 Å². The summed E-state index contributed by atoms with van der Waals surface area (Å²) in [7, 11) is 9.47. The molecule has 0 heterocycles. The van der Waals surface area contributed by atoms with Crippen molar-refractivity contribution in [2.24, 2.45) is 0 Å². The second-order valence-electron chi connectivity index (χ2n) is 3.77. The zero-order chi connectivity index (χ0) is 14.2. The molecule has 0 aromatic carbocycles. The molecule has 114 valence electrons. The number of nitrogens with zero attached hydrogens (tertiary/aromatic N) is 3. The van der Waals surface area contributed by atoms with E-state index in [-0.39, 0.29) is 0 Å². The van der Waals surface area contributed by atoms with E-state index in [1.807, 2.05) is 0 Å². The quantitative estimate of drug-likeness (QED) is 0.566. The molecule has 0 aliphatic carbocycles. The molecule has 0 N–H and O–H groups in total. The van der Waals surface area contributed by atoms with Gasteiger partial charge in [0.15, 0.2) is 0 Å². The standard InChI is InChI=1S/C12H28N3.2ClH.Co/c1-5-14(6-2)11-9-13-10-12-15(7-3)8-4;;;/h5-12H2,1-4H3;2*1H;/q-1;;;+3/p-2. The van der Waals surface area contributed by atoms with Gasteiger partial charge in [-0.3, -0.25) is 0 Å². The van der Waals surface area contributed by atoms with Crippen molar-refractivity contribution in [1.82, 2.24) is 9.80 Å². The number of rotatable bonds is 10. The van der Waals surface area contributed by atoms with Crippen LogP contribution in [0.4, 0.5) is 0 Å². The Bertz CT molecular complexity index is 131. The monoisotopic (exact) mass is 343 g/mol. The van der Waals surface area contributed by atoms with Crippen LogP contribution in [0.5, 0.6) is 0 Å². The molecule has 18 heavy (non-hydrogen) atoms. The summed E-state index contributed by atoms with van der Waals surface area (Å²) in [6.07, 6.45) is 0. The summed E-state index contributed by atoms with van der Waals surface area (Å²) < 4.78 is 0. The van der Waals surface area contributed by atoms with E-state index >= 15 is 0 Å². The van der Waals surface area contributed by atoms with Gasteiger partial charge in [-0.1, -0.05) is 27.7 Å². The molecule has 0 aliphatic heterocycles. The molecule has 0 radical (unpaired) electrons. The Balaban J connectivity index is 0. The van der Waals surface area contributed by atoms with E-state index in [1.165, 1.54) is 0 Å². The van der Waals surface area contributed by atoms with Crippen molar-refractivity contribution in [2.45, 2.75) is 27.7 Å². The van der Waals surface area contributed by atoms with Crippen LogP contribution in [0.25, 0.3) is 5.32 Å². The van der Waals surface area contributed by atoms with Gasteiger partial charge >= 0.3 is 33.2 Å². The molecular weight excluding hydrogens is 316 g/mol. The van der Waals surface area contributed by atoms with Crippen LogP contribution in [-0.2, 0) is 12.9 Å². The Hall–Kier alpha value is 0.966. The first kappa shape index (κ1) is 21.3. The molecule has 0 amide bonds. The predicted molar refractivity (Wildman–Crippen MR) is 80.4 cm³/mol. The molecular formula is C12H28Cl2CoN3. The van der Waals surface area contributed by atoms with E-state index in [9.17, 15) is 0 Å². The minimum atomic E-state index is 0.382. The Kier molecular flexibility index (Phi) is 21.2. The van der Waals surface area contributed by atoms with Crippen LogP contribution in [0.3, 0.4) is 0 Å². The van der Waals surface area contributed by atoms with Crippen molar-refractivity contribution in [3.63, 3.8) is 0 Å². The fourth-order valence-electron chi connectivity index (χ4n) is 1.62. The molecule has 0 aromatic rings. The summed E-state index contributed by atoms with van der Waals surface area (Å²) in [5, 5.41) is 4.56. The molecule has 0 atom stereocenters. The van der Waals surface area contributed by atoms with Gasteiger partial charge in [-0.05, 0) is 39.3 Å². The maximum absolute atomic E-state index is 4.73. The molecule has 0 spiro atoms. The van der Waals surface area contributed by atoms with Gasteiger partial charge in [-0.25, -0.2) is 0 Å². The van der Waals surface area contributed by atoms with Crippen LogP contribution >= 0.6 is 20.3 Å². The summed E-state index contributed by atoms with van der Waals surface area (Å²) >= 11 is 0.382. The van der Waals surface area contributed by atoms with Gasteiger partial charge in [0.1, 0.15) is 0 Å². The first-order chi connectivity index (χ1) is 8.69. The van der Waals surface area contributed by atoms with Gasteiger partial charge in [0.2, 0.25) is 0 Å². The number of halogens is 2. The number of hydrogen-bond acceptors (Lipinski definition) is 2. The fraction of sp³-hybridized carbons (Fsp3) is 1.00. The summed E-state index contributed by atoms with van der Waals surface area (Å²) in [6.45, 7) is 17.6. The molecule has 0 unspecified atom stereocenters. The summed E-state index contributed by atoms with van der Waals surface area (Å²) in [6, 6.07) is 0. The summed E-state index contributed by atoms with van der Waals surface area (Å²) in [4.78, 5) is 4.84. The molecule has 0 rings (SSSR count). The Labute approximate surface area is 128 Å². The molecule has 0 saturated heterocycles. The van der Waals surface area contributed by atoms with Gasteiger partial charge in [-0.15, -0.1) is 13.1 Å². The second-order valence-corrected chi connectivity index (χ2v) is 5.49. The van der Waals surface area contributed by atoms with Crippen molar-refractivity contribution in [3.05, 3.63) is 5.32 Å². The molecule has 0 aromatic heterocycles. The van der Waals surface area contributed by atoms with Crippen molar-refractivity contribution < 1.29 is 12.9 Å². The van der Waals surface area contributed by atoms with Gasteiger partial charge < -0.3 is 15.1 Å². The van der Waals surface area contributed by atoms with Gasteiger partial charge in [0.25, 0.3) is 0 Å². The number of hydrogen-bond donors (Lipinski definition) is 0. The van der Waals surface area contributed by atoms with Gasteiger partial charge in [0, 0.05) is 0 Å². The third-order valence-corrected chi connectivity index (χ3v) is 2.94. The molecule has 0 bridgehead atoms. The Morgan fingerprint density at radius 2 is 1.06 bits per heavy atom. The van der Waals surface area contributed by atoms with E-state index in [2.05, 4.69) is 42.8 Å². The van der Waals surface area contributed by atoms with E-state index in [0.717, 1.165) is 52.4 Å².